The number of halogens is 1. The molecule has 0 amide bonds. The number of rotatable bonds is 8. The van der Waals surface area contributed by atoms with E-state index in [9.17, 15) is 4.39 Å². The Kier molecular flexibility index (Phi) is 6.73. The van der Waals surface area contributed by atoms with Crippen LogP contribution in [0.2, 0.25) is 0 Å². The Morgan fingerprint density at radius 2 is 1.82 bits per heavy atom. The first kappa shape index (κ1) is 19.5. The molecule has 28 heavy (non-hydrogen) atoms. The topological polar surface area (TPSA) is 70.7 Å². The SMILES string of the molecule is CN=C(NCCOc1ccc(OC)cc1)NCCc1c[nH]c2ccc(F)cc12. The van der Waals surface area contributed by atoms with Gasteiger partial charge in [-0.3, -0.25) is 4.99 Å². The number of nitrogens with one attached hydrogen (secondary N) is 3. The highest BCUT2D eigenvalue weighted by atomic mass is 19.1. The van der Waals surface area contributed by atoms with E-state index in [0.717, 1.165) is 34.4 Å². The lowest BCUT2D eigenvalue weighted by Gasteiger charge is -2.12. The Bertz CT molecular complexity index is 922. The van der Waals surface area contributed by atoms with Crippen molar-refractivity contribution >= 4 is 16.9 Å². The fourth-order valence-corrected chi connectivity index (χ4v) is 2.90. The van der Waals surface area contributed by atoms with Crippen LogP contribution in [0.1, 0.15) is 5.56 Å². The lowest BCUT2D eigenvalue weighted by molar-refractivity contribution is 0.321. The van der Waals surface area contributed by atoms with Gasteiger partial charge in [0, 0.05) is 30.7 Å². The van der Waals surface area contributed by atoms with Crippen LogP contribution in [0, 0.1) is 5.82 Å². The molecule has 0 bridgehead atoms. The average Bonchev–Trinajstić information content (AvgIpc) is 3.12. The van der Waals surface area contributed by atoms with Crippen LogP contribution in [0.25, 0.3) is 10.9 Å². The van der Waals surface area contributed by atoms with E-state index >= 15 is 0 Å². The number of fused-ring (bicyclic) bond motifs is 1. The zero-order valence-corrected chi connectivity index (χ0v) is 16.1. The summed E-state index contributed by atoms with van der Waals surface area (Å²) in [5, 5.41) is 7.38. The summed E-state index contributed by atoms with van der Waals surface area (Å²) in [7, 11) is 3.36. The van der Waals surface area contributed by atoms with Crippen molar-refractivity contribution in [2.45, 2.75) is 6.42 Å². The summed E-state index contributed by atoms with van der Waals surface area (Å²) in [6.07, 6.45) is 2.68. The van der Waals surface area contributed by atoms with Gasteiger partial charge in [0.15, 0.2) is 5.96 Å². The lowest BCUT2D eigenvalue weighted by atomic mass is 10.1. The molecule has 1 heterocycles. The van der Waals surface area contributed by atoms with Crippen molar-refractivity contribution in [2.24, 2.45) is 4.99 Å². The van der Waals surface area contributed by atoms with Crippen molar-refractivity contribution in [1.82, 2.24) is 15.6 Å². The van der Waals surface area contributed by atoms with Crippen LogP contribution < -0.4 is 20.1 Å². The van der Waals surface area contributed by atoms with E-state index in [1.807, 2.05) is 30.5 Å². The second-order valence-electron chi connectivity index (χ2n) is 6.20. The van der Waals surface area contributed by atoms with E-state index < -0.39 is 0 Å². The van der Waals surface area contributed by atoms with Gasteiger partial charge in [-0.15, -0.1) is 0 Å². The fourth-order valence-electron chi connectivity index (χ4n) is 2.90. The van der Waals surface area contributed by atoms with Crippen LogP contribution in [0.3, 0.4) is 0 Å². The molecule has 0 saturated heterocycles. The molecule has 0 spiro atoms. The molecule has 3 N–H and O–H groups in total. The standard InChI is InChI=1S/C21H25FN4O2/c1-23-21(25-11-12-28-18-6-4-17(27-2)5-7-18)24-10-9-15-14-26-20-8-3-16(22)13-19(15)20/h3-8,13-14,26H,9-12H2,1-2H3,(H2,23,24,25). The Balaban J connectivity index is 1.40. The van der Waals surface area contributed by atoms with Crippen molar-refractivity contribution in [3.05, 3.63) is 60.0 Å². The van der Waals surface area contributed by atoms with E-state index in [1.165, 1.54) is 6.07 Å². The van der Waals surface area contributed by atoms with Gasteiger partial charge >= 0.3 is 0 Å². The number of benzene rings is 2. The molecular formula is C21H25FN4O2. The molecule has 2 aromatic carbocycles. The fraction of sp³-hybridized carbons (Fsp3) is 0.286. The summed E-state index contributed by atoms with van der Waals surface area (Å²) >= 11 is 0. The number of aromatic amines is 1. The maximum atomic E-state index is 13.5. The van der Waals surface area contributed by atoms with Gasteiger partial charge in [0.2, 0.25) is 0 Å². The monoisotopic (exact) mass is 384 g/mol. The van der Waals surface area contributed by atoms with Crippen LogP contribution in [-0.4, -0.2) is 44.8 Å². The van der Waals surface area contributed by atoms with Gasteiger partial charge in [0.1, 0.15) is 23.9 Å². The summed E-state index contributed by atoms with van der Waals surface area (Å²) in [4.78, 5) is 7.37. The third kappa shape index (κ3) is 5.16. The highest BCUT2D eigenvalue weighted by Crippen LogP contribution is 2.19. The van der Waals surface area contributed by atoms with Crippen molar-refractivity contribution in [1.29, 1.82) is 0 Å². The van der Waals surface area contributed by atoms with Gasteiger partial charge in [-0.2, -0.15) is 0 Å². The van der Waals surface area contributed by atoms with Gasteiger partial charge in [-0.05, 0) is 54.4 Å². The maximum absolute atomic E-state index is 13.5. The normalized spacial score (nSPS) is 11.5. The predicted octanol–water partition coefficient (Wildman–Crippen LogP) is 3.10. The first-order chi connectivity index (χ1) is 13.7. The molecule has 0 aliphatic rings. The van der Waals surface area contributed by atoms with Crippen LogP contribution in [0.5, 0.6) is 11.5 Å². The molecule has 7 heteroatoms. The molecule has 148 valence electrons. The second-order valence-corrected chi connectivity index (χ2v) is 6.20. The van der Waals surface area contributed by atoms with Crippen molar-refractivity contribution in [3.8, 4) is 11.5 Å². The largest absolute Gasteiger partial charge is 0.497 e. The number of ether oxygens (including phenoxy) is 2. The summed E-state index contributed by atoms with van der Waals surface area (Å²) < 4.78 is 24.3. The van der Waals surface area contributed by atoms with E-state index in [0.29, 0.717) is 25.7 Å². The number of H-pyrrole nitrogens is 1. The Morgan fingerprint density at radius 1 is 1.07 bits per heavy atom. The van der Waals surface area contributed by atoms with E-state index in [4.69, 9.17) is 9.47 Å². The Labute approximate surface area is 163 Å². The van der Waals surface area contributed by atoms with Crippen molar-refractivity contribution in [2.75, 3.05) is 33.9 Å². The summed E-state index contributed by atoms with van der Waals surface area (Å²) in [6.45, 7) is 1.81. The van der Waals surface area contributed by atoms with Crippen LogP contribution in [-0.2, 0) is 6.42 Å². The molecule has 0 radical (unpaired) electrons. The van der Waals surface area contributed by atoms with Crippen LogP contribution in [0.4, 0.5) is 4.39 Å². The lowest BCUT2D eigenvalue weighted by Crippen LogP contribution is -2.40. The van der Waals surface area contributed by atoms with Gasteiger partial charge in [0.05, 0.1) is 13.7 Å². The van der Waals surface area contributed by atoms with Gasteiger partial charge in [0.25, 0.3) is 0 Å². The number of nitrogens with zero attached hydrogens (tertiary/aromatic N) is 1. The zero-order chi connectivity index (χ0) is 19.8. The van der Waals surface area contributed by atoms with Crippen LogP contribution >= 0.6 is 0 Å². The number of aliphatic imine (C=N–C) groups is 1. The first-order valence-electron chi connectivity index (χ1n) is 9.16. The molecule has 3 rings (SSSR count). The highest BCUT2D eigenvalue weighted by Gasteiger charge is 2.05. The molecule has 0 atom stereocenters. The summed E-state index contributed by atoms with van der Waals surface area (Å²) in [5.41, 5.74) is 2.01. The smallest absolute Gasteiger partial charge is 0.191 e. The Hall–Kier alpha value is -3.22. The molecule has 0 aliphatic carbocycles. The van der Waals surface area contributed by atoms with Crippen molar-refractivity contribution < 1.29 is 13.9 Å². The number of guanidine groups is 1. The number of hydrogen-bond donors (Lipinski definition) is 3. The third-order valence-corrected chi connectivity index (χ3v) is 4.36. The second kappa shape index (κ2) is 9.64. The molecule has 1 aromatic heterocycles. The highest BCUT2D eigenvalue weighted by molar-refractivity contribution is 5.83. The number of aromatic nitrogens is 1. The minimum atomic E-state index is -0.226. The minimum Gasteiger partial charge on any atom is -0.497 e. The predicted molar refractivity (Wildman–Crippen MR) is 110 cm³/mol. The number of hydrogen-bond acceptors (Lipinski definition) is 3. The van der Waals surface area contributed by atoms with Crippen molar-refractivity contribution in [3.63, 3.8) is 0 Å². The molecular weight excluding hydrogens is 359 g/mol. The molecule has 0 saturated carbocycles. The van der Waals surface area contributed by atoms with E-state index in [1.54, 1.807) is 26.3 Å². The maximum Gasteiger partial charge on any atom is 0.191 e. The molecule has 0 unspecified atom stereocenters. The van der Waals surface area contributed by atoms with Gasteiger partial charge in [-0.25, -0.2) is 4.39 Å². The summed E-state index contributed by atoms with van der Waals surface area (Å²) in [5.74, 6) is 2.06. The molecule has 0 fully saturated rings. The van der Waals surface area contributed by atoms with Crippen LogP contribution in [0.15, 0.2) is 53.7 Å². The molecule has 3 aromatic rings. The number of methoxy groups -OCH3 is 1. The minimum absolute atomic E-state index is 0.226. The zero-order valence-electron chi connectivity index (χ0n) is 16.1. The first-order valence-corrected chi connectivity index (χ1v) is 9.16. The van der Waals surface area contributed by atoms with Gasteiger partial charge in [-0.1, -0.05) is 0 Å². The quantitative estimate of drug-likeness (QED) is 0.317. The molecule has 6 nitrogen and oxygen atoms in total. The Morgan fingerprint density at radius 3 is 2.57 bits per heavy atom. The van der Waals surface area contributed by atoms with E-state index in [-0.39, 0.29) is 5.82 Å². The average molecular weight is 384 g/mol. The molecule has 0 aliphatic heterocycles. The summed E-state index contributed by atoms with van der Waals surface area (Å²) in [6, 6.07) is 12.2. The van der Waals surface area contributed by atoms with E-state index in [2.05, 4.69) is 20.6 Å². The third-order valence-electron chi connectivity index (χ3n) is 4.36. The van der Waals surface area contributed by atoms with Gasteiger partial charge < -0.3 is 25.1 Å².